The fourth-order valence-electron chi connectivity index (χ4n) is 2.49. The van der Waals surface area contributed by atoms with Crippen LogP contribution in [0.3, 0.4) is 0 Å². The first-order valence-corrected chi connectivity index (χ1v) is 8.81. The van der Waals surface area contributed by atoms with Crippen LogP contribution in [0, 0.1) is 11.8 Å². The lowest BCUT2D eigenvalue weighted by atomic mass is 10.1. The minimum absolute atomic E-state index is 0.0267. The lowest BCUT2D eigenvalue weighted by Crippen LogP contribution is -2.50. The summed E-state index contributed by atoms with van der Waals surface area (Å²) in [6.07, 6.45) is 4.03. The van der Waals surface area contributed by atoms with Crippen LogP contribution < -0.4 is 5.32 Å². The highest BCUT2D eigenvalue weighted by molar-refractivity contribution is 8.00. The number of nitrogens with zero attached hydrogens (tertiary/aromatic N) is 1. The van der Waals surface area contributed by atoms with E-state index in [1.807, 2.05) is 4.90 Å². The predicted molar refractivity (Wildman–Crippen MR) is 82.4 cm³/mol. The van der Waals surface area contributed by atoms with Crippen molar-refractivity contribution in [1.82, 2.24) is 10.2 Å². The van der Waals surface area contributed by atoms with Crippen LogP contribution in [0.25, 0.3) is 0 Å². The summed E-state index contributed by atoms with van der Waals surface area (Å²) >= 11 is 1.76. The van der Waals surface area contributed by atoms with Crippen molar-refractivity contribution in [3.63, 3.8) is 0 Å². The van der Waals surface area contributed by atoms with Crippen LogP contribution in [0.4, 0.5) is 0 Å². The van der Waals surface area contributed by atoms with Crippen molar-refractivity contribution in [2.24, 2.45) is 11.8 Å². The summed E-state index contributed by atoms with van der Waals surface area (Å²) < 4.78 is 0. The van der Waals surface area contributed by atoms with E-state index >= 15 is 0 Å². The van der Waals surface area contributed by atoms with E-state index in [0.29, 0.717) is 12.5 Å². The van der Waals surface area contributed by atoms with E-state index in [1.165, 1.54) is 0 Å². The maximum Gasteiger partial charge on any atom is 0.243 e. The van der Waals surface area contributed by atoms with Gasteiger partial charge in [0.05, 0.1) is 5.37 Å². The Kier molecular flexibility index (Phi) is 5.35. The van der Waals surface area contributed by atoms with Crippen molar-refractivity contribution in [3.05, 3.63) is 0 Å². The Hall–Kier alpha value is -0.710. The Balaban J connectivity index is 2.02. The number of nitrogens with one attached hydrogen (secondary N) is 1. The molecule has 0 aromatic rings. The normalized spacial score (nSPS) is 26.1. The van der Waals surface area contributed by atoms with Crippen molar-refractivity contribution in [2.75, 3.05) is 12.3 Å². The van der Waals surface area contributed by atoms with Gasteiger partial charge in [0.25, 0.3) is 0 Å². The van der Waals surface area contributed by atoms with Gasteiger partial charge < -0.3 is 10.2 Å². The molecule has 0 spiro atoms. The molecule has 2 fully saturated rings. The Bertz CT molecular complexity index is 369. The fourth-order valence-corrected chi connectivity index (χ4v) is 4.02. The topological polar surface area (TPSA) is 49.4 Å². The minimum Gasteiger partial charge on any atom is -0.354 e. The third-order valence-electron chi connectivity index (χ3n) is 3.80. The molecule has 0 bridgehead atoms. The fraction of sp³-hybridized carbons (Fsp3) is 0.867. The molecule has 114 valence electrons. The first-order valence-electron chi connectivity index (χ1n) is 7.76. The van der Waals surface area contributed by atoms with Gasteiger partial charge in [-0.3, -0.25) is 9.59 Å². The molecule has 4 nitrogen and oxygen atoms in total. The molecule has 0 aromatic heterocycles. The molecule has 1 aliphatic carbocycles. The number of carbonyl (C=O) groups excluding carboxylic acids is 2. The lowest BCUT2D eigenvalue weighted by Gasteiger charge is -2.29. The molecule has 1 heterocycles. The predicted octanol–water partition coefficient (Wildman–Crippen LogP) is 2.24. The molecule has 20 heavy (non-hydrogen) atoms. The van der Waals surface area contributed by atoms with Crippen LogP contribution in [0.5, 0.6) is 0 Å². The van der Waals surface area contributed by atoms with Crippen LogP contribution in [0.1, 0.15) is 46.5 Å². The van der Waals surface area contributed by atoms with Crippen molar-refractivity contribution >= 4 is 23.6 Å². The van der Waals surface area contributed by atoms with Gasteiger partial charge in [0.2, 0.25) is 11.8 Å². The summed E-state index contributed by atoms with van der Waals surface area (Å²) in [5.41, 5.74) is 0. The number of amides is 2. The average molecular weight is 298 g/mol. The number of hydrogen-bond donors (Lipinski definition) is 1. The van der Waals surface area contributed by atoms with Crippen molar-refractivity contribution in [3.8, 4) is 0 Å². The Labute approximate surface area is 126 Å². The molecule has 0 aromatic carbocycles. The van der Waals surface area contributed by atoms with Gasteiger partial charge in [-0.05, 0) is 25.2 Å². The largest absolute Gasteiger partial charge is 0.354 e. The standard InChI is InChI=1S/C15H26N2O2S/c1-4-5-13-17(15(19)11-6-7-11)12(9-20-13)14(18)16-8-10(2)3/h10-13H,4-9H2,1-3H3,(H,16,18). The summed E-state index contributed by atoms with van der Waals surface area (Å²) in [7, 11) is 0. The molecule has 5 heteroatoms. The lowest BCUT2D eigenvalue weighted by molar-refractivity contribution is -0.140. The molecular formula is C15H26N2O2S. The Morgan fingerprint density at radius 3 is 2.60 bits per heavy atom. The maximum atomic E-state index is 12.5. The average Bonchev–Trinajstić information content (AvgIpc) is 3.17. The smallest absolute Gasteiger partial charge is 0.243 e. The number of carbonyl (C=O) groups is 2. The summed E-state index contributed by atoms with van der Waals surface area (Å²) in [6, 6.07) is -0.261. The molecule has 1 saturated heterocycles. The molecule has 1 saturated carbocycles. The minimum atomic E-state index is -0.261. The summed E-state index contributed by atoms with van der Waals surface area (Å²) in [4.78, 5) is 26.7. The van der Waals surface area contributed by atoms with Gasteiger partial charge >= 0.3 is 0 Å². The van der Waals surface area contributed by atoms with E-state index in [1.54, 1.807) is 11.8 Å². The molecule has 1 aliphatic heterocycles. The quantitative estimate of drug-likeness (QED) is 0.818. The van der Waals surface area contributed by atoms with E-state index < -0.39 is 0 Å². The van der Waals surface area contributed by atoms with Gasteiger partial charge in [0.15, 0.2) is 0 Å². The van der Waals surface area contributed by atoms with Gasteiger partial charge in [-0.1, -0.05) is 27.2 Å². The zero-order valence-electron chi connectivity index (χ0n) is 12.7. The Morgan fingerprint density at radius 1 is 1.35 bits per heavy atom. The van der Waals surface area contributed by atoms with Gasteiger partial charge in [0.1, 0.15) is 6.04 Å². The molecular weight excluding hydrogens is 272 g/mol. The molecule has 2 amide bonds. The molecule has 2 aliphatic rings. The van der Waals surface area contributed by atoms with Gasteiger partial charge in [-0.15, -0.1) is 11.8 Å². The molecule has 1 N–H and O–H groups in total. The summed E-state index contributed by atoms with van der Waals surface area (Å²) in [6.45, 7) is 6.98. The van der Waals surface area contributed by atoms with E-state index in [2.05, 4.69) is 26.1 Å². The van der Waals surface area contributed by atoms with Crippen molar-refractivity contribution in [2.45, 2.75) is 57.9 Å². The van der Waals surface area contributed by atoms with Gasteiger partial charge in [-0.25, -0.2) is 0 Å². The van der Waals surface area contributed by atoms with Crippen LogP contribution in [0.2, 0.25) is 0 Å². The molecule has 0 radical (unpaired) electrons. The van der Waals surface area contributed by atoms with E-state index in [-0.39, 0.29) is 29.1 Å². The molecule has 2 atom stereocenters. The number of hydrogen-bond acceptors (Lipinski definition) is 3. The highest BCUT2D eigenvalue weighted by atomic mass is 32.2. The van der Waals surface area contributed by atoms with Gasteiger partial charge in [-0.2, -0.15) is 0 Å². The number of rotatable bonds is 6. The van der Waals surface area contributed by atoms with E-state index in [0.717, 1.165) is 31.4 Å². The summed E-state index contributed by atoms with van der Waals surface area (Å²) in [5, 5.41) is 3.18. The van der Waals surface area contributed by atoms with Gasteiger partial charge in [0, 0.05) is 18.2 Å². The van der Waals surface area contributed by atoms with E-state index in [4.69, 9.17) is 0 Å². The molecule has 2 rings (SSSR count). The second-order valence-corrected chi connectivity index (χ2v) is 7.46. The number of thioether (sulfide) groups is 1. The highest BCUT2D eigenvalue weighted by Crippen LogP contribution is 2.39. The zero-order valence-corrected chi connectivity index (χ0v) is 13.5. The first kappa shape index (κ1) is 15.7. The third kappa shape index (κ3) is 3.68. The van der Waals surface area contributed by atoms with E-state index in [9.17, 15) is 9.59 Å². The third-order valence-corrected chi connectivity index (χ3v) is 5.15. The van der Waals surface area contributed by atoms with Crippen molar-refractivity contribution in [1.29, 1.82) is 0 Å². The van der Waals surface area contributed by atoms with Crippen LogP contribution in [0.15, 0.2) is 0 Å². The Morgan fingerprint density at radius 2 is 2.05 bits per heavy atom. The first-order chi connectivity index (χ1) is 9.54. The maximum absolute atomic E-state index is 12.5. The monoisotopic (exact) mass is 298 g/mol. The second-order valence-electron chi connectivity index (χ2n) is 6.25. The zero-order chi connectivity index (χ0) is 14.7. The highest BCUT2D eigenvalue weighted by Gasteiger charge is 2.45. The second kappa shape index (κ2) is 6.83. The van der Waals surface area contributed by atoms with Crippen LogP contribution in [-0.4, -0.2) is 40.4 Å². The summed E-state index contributed by atoms with van der Waals surface area (Å²) in [5.74, 6) is 1.60. The molecule has 2 unspecified atom stereocenters. The van der Waals surface area contributed by atoms with Crippen LogP contribution >= 0.6 is 11.8 Å². The van der Waals surface area contributed by atoms with Crippen LogP contribution in [-0.2, 0) is 9.59 Å². The SMILES string of the molecule is CCCC1SCC(C(=O)NCC(C)C)N1C(=O)C1CC1. The van der Waals surface area contributed by atoms with Crippen molar-refractivity contribution < 1.29 is 9.59 Å².